The van der Waals surface area contributed by atoms with Gasteiger partial charge in [0.25, 0.3) is 0 Å². The van der Waals surface area contributed by atoms with Gasteiger partial charge in [-0.3, -0.25) is 37.3 Å². The molecule has 0 saturated heterocycles. The minimum Gasteiger partial charge on any atom is -0.462 e. The molecule has 5 unspecified atom stereocenters. The first-order chi connectivity index (χ1) is 49.7. The Bertz CT molecular complexity index is 2260. The van der Waals surface area contributed by atoms with Crippen molar-refractivity contribution in [3.8, 4) is 0 Å². The Morgan fingerprint density at radius 3 is 0.784 bits per heavy atom. The number of allylic oxidation sites excluding steroid dienone is 14. The van der Waals surface area contributed by atoms with Crippen molar-refractivity contribution in [3.63, 3.8) is 0 Å². The summed E-state index contributed by atoms with van der Waals surface area (Å²) in [6, 6.07) is 0. The second-order valence-corrected chi connectivity index (χ2v) is 30.2. The summed E-state index contributed by atoms with van der Waals surface area (Å²) in [6.45, 7) is 4.68. The minimum absolute atomic E-state index is 0.0939. The first-order valence-electron chi connectivity index (χ1n) is 40.8. The highest BCUT2D eigenvalue weighted by molar-refractivity contribution is 7.47. The van der Waals surface area contributed by atoms with Crippen LogP contribution in [0.1, 0.15) is 362 Å². The molecule has 5 atom stereocenters. The summed E-state index contributed by atoms with van der Waals surface area (Å²) < 4.78 is 68.7. The van der Waals surface area contributed by atoms with Crippen LogP contribution in [0.4, 0.5) is 0 Å². The minimum atomic E-state index is -4.98. The van der Waals surface area contributed by atoms with Crippen molar-refractivity contribution in [3.05, 3.63) is 85.1 Å². The molecule has 0 rings (SSSR count). The lowest BCUT2D eigenvalue weighted by atomic mass is 10.0. The first kappa shape index (κ1) is 98.2. The monoisotopic (exact) mass is 1480 g/mol. The predicted octanol–water partition coefficient (Wildman–Crippen LogP) is 23.8. The van der Waals surface area contributed by atoms with Gasteiger partial charge in [0.1, 0.15) is 19.3 Å². The molecule has 0 radical (unpaired) electrons. The van der Waals surface area contributed by atoms with Crippen LogP contribution in [0.2, 0.25) is 0 Å². The molecule has 102 heavy (non-hydrogen) atoms. The maximum Gasteiger partial charge on any atom is 0.472 e. The zero-order valence-corrected chi connectivity index (χ0v) is 66.6. The number of hydrogen-bond donors (Lipinski definition) is 3. The van der Waals surface area contributed by atoms with Crippen LogP contribution in [0, 0.1) is 0 Å². The molecule has 3 N–H and O–H groups in total. The van der Waals surface area contributed by atoms with Crippen LogP contribution >= 0.6 is 15.6 Å². The van der Waals surface area contributed by atoms with Crippen molar-refractivity contribution in [2.24, 2.45) is 0 Å². The molecule has 0 aromatic heterocycles. The van der Waals surface area contributed by atoms with E-state index < -0.39 is 97.5 Å². The van der Waals surface area contributed by atoms with E-state index in [0.717, 1.165) is 154 Å². The number of carbonyl (C=O) groups is 4. The number of rotatable bonds is 77. The quantitative estimate of drug-likeness (QED) is 0.0169. The average Bonchev–Trinajstić information content (AvgIpc) is 0.923. The Balaban J connectivity index is 5.36. The second kappa shape index (κ2) is 75.5. The maximum atomic E-state index is 13.1. The van der Waals surface area contributed by atoms with E-state index >= 15 is 0 Å². The van der Waals surface area contributed by atoms with E-state index in [1.54, 1.807) is 0 Å². The third-order valence-electron chi connectivity index (χ3n) is 17.4. The van der Waals surface area contributed by atoms with Crippen molar-refractivity contribution >= 4 is 39.5 Å². The summed E-state index contributed by atoms with van der Waals surface area (Å²) in [5.41, 5.74) is 0. The topological polar surface area (TPSA) is 237 Å². The van der Waals surface area contributed by atoms with Gasteiger partial charge >= 0.3 is 39.5 Å². The van der Waals surface area contributed by atoms with Crippen LogP contribution in [0.25, 0.3) is 0 Å². The number of phosphoric acid groups is 2. The van der Waals surface area contributed by atoms with Crippen LogP contribution in [0.3, 0.4) is 0 Å². The highest BCUT2D eigenvalue weighted by atomic mass is 31.2. The van der Waals surface area contributed by atoms with Crippen molar-refractivity contribution < 1.29 is 80.2 Å². The Kier molecular flexibility index (Phi) is 72.7. The van der Waals surface area contributed by atoms with Crippen LogP contribution in [0.5, 0.6) is 0 Å². The van der Waals surface area contributed by atoms with E-state index in [2.05, 4.69) is 113 Å². The third-order valence-corrected chi connectivity index (χ3v) is 19.3. The Morgan fingerprint density at radius 1 is 0.284 bits per heavy atom. The molecular weight excluding hydrogens is 1330 g/mol. The van der Waals surface area contributed by atoms with Gasteiger partial charge in [0, 0.05) is 25.7 Å². The smallest absolute Gasteiger partial charge is 0.462 e. The lowest BCUT2D eigenvalue weighted by molar-refractivity contribution is -0.161. The van der Waals surface area contributed by atoms with Gasteiger partial charge in [0.2, 0.25) is 0 Å². The molecule has 0 heterocycles. The van der Waals surface area contributed by atoms with Gasteiger partial charge in [-0.25, -0.2) is 9.13 Å². The summed E-state index contributed by atoms with van der Waals surface area (Å²) in [4.78, 5) is 73.1. The second-order valence-electron chi connectivity index (χ2n) is 27.3. The van der Waals surface area contributed by atoms with Crippen LogP contribution in [-0.4, -0.2) is 96.7 Å². The number of phosphoric ester groups is 2. The van der Waals surface area contributed by atoms with Crippen molar-refractivity contribution in [1.29, 1.82) is 0 Å². The van der Waals surface area contributed by atoms with Crippen LogP contribution in [-0.2, 0) is 65.4 Å². The third kappa shape index (κ3) is 74.5. The molecule has 0 aliphatic heterocycles. The Morgan fingerprint density at radius 2 is 0.510 bits per heavy atom. The number of unbranched alkanes of at least 4 members (excludes halogenated alkanes) is 37. The molecule has 17 nitrogen and oxygen atoms in total. The van der Waals surface area contributed by atoms with Gasteiger partial charge in [-0.05, 0) is 96.3 Å². The molecule has 592 valence electrons. The van der Waals surface area contributed by atoms with E-state index in [1.807, 2.05) is 0 Å². The van der Waals surface area contributed by atoms with Gasteiger partial charge in [0.15, 0.2) is 12.2 Å². The van der Waals surface area contributed by atoms with Crippen molar-refractivity contribution in [2.75, 3.05) is 39.6 Å². The lowest BCUT2D eigenvalue weighted by Crippen LogP contribution is -2.30. The van der Waals surface area contributed by atoms with E-state index in [0.29, 0.717) is 25.7 Å². The normalized spacial score (nSPS) is 14.3. The number of carbonyl (C=O) groups excluding carboxylic acids is 4. The fourth-order valence-electron chi connectivity index (χ4n) is 11.2. The van der Waals surface area contributed by atoms with Gasteiger partial charge in [-0.2, -0.15) is 0 Å². The summed E-state index contributed by atoms with van der Waals surface area (Å²) in [6.07, 6.45) is 78.4. The SMILES string of the molecule is CC/C=C\C/C=C\C/C=C\C/C=C\CCCCCCC(=O)OCC(COP(=O)(O)OCC(O)COP(=O)(O)OCC(COC(=O)CCCCCCC/C=C\C/C=C\C/C=C\CC)OC(=O)CCCCCCCCCCCCCCCCC)OC(=O)CCCCCCCCCCCCCCCCC. The van der Waals surface area contributed by atoms with Gasteiger partial charge in [-0.15, -0.1) is 0 Å². The summed E-state index contributed by atoms with van der Waals surface area (Å²) in [5.74, 6) is -2.19. The largest absolute Gasteiger partial charge is 0.472 e. The summed E-state index contributed by atoms with van der Waals surface area (Å²) >= 11 is 0. The van der Waals surface area contributed by atoms with Gasteiger partial charge < -0.3 is 33.8 Å². The molecule has 0 aromatic carbocycles. The number of aliphatic hydroxyl groups is 1. The molecule has 0 bridgehead atoms. The molecule has 0 aliphatic carbocycles. The molecule has 0 spiro atoms. The van der Waals surface area contributed by atoms with E-state index in [1.165, 1.54) is 128 Å². The van der Waals surface area contributed by atoms with E-state index in [4.69, 9.17) is 37.0 Å². The zero-order chi connectivity index (χ0) is 74.6. The maximum absolute atomic E-state index is 13.1. The Hall–Kier alpha value is -3.76. The lowest BCUT2D eigenvalue weighted by Gasteiger charge is -2.21. The van der Waals surface area contributed by atoms with E-state index in [9.17, 15) is 43.2 Å². The molecule has 0 saturated carbocycles. The standard InChI is InChI=1S/C83H148O17P2/c1-5-9-13-17-21-25-29-33-37-38-42-44-48-52-56-60-64-68-81(86)94-74-79(100-83(88)70-66-62-58-54-50-46-41-36-32-28-24-20-16-12-8-4)76-98-102(91,92)96-72-77(84)71-95-101(89,90)97-75-78(99-82(87)69-65-61-57-53-49-45-40-35-31-27-23-19-15-11-7-3)73-93-80(85)67-63-59-55-51-47-43-39-34-30-26-22-18-14-10-6-2/h9-10,13-14,21-22,25-26,33-34,37,39,42,44,77-79,84H,5-8,11-12,15-20,23-24,27-32,35-36,38,40-41,43,45-76H2,1-4H3,(H,89,90)(H,91,92)/b13-9-,14-10-,25-21-,26-22-,37-33-,39-34-,44-42-. The van der Waals surface area contributed by atoms with Gasteiger partial charge in [0.05, 0.1) is 26.4 Å². The predicted molar refractivity (Wildman–Crippen MR) is 418 cm³/mol. The number of aliphatic hydroxyl groups excluding tert-OH is 1. The van der Waals surface area contributed by atoms with E-state index in [-0.39, 0.29) is 25.7 Å². The molecule has 0 amide bonds. The summed E-state index contributed by atoms with van der Waals surface area (Å²) in [5, 5.41) is 10.6. The molecule has 0 aromatic rings. The molecule has 0 aliphatic rings. The van der Waals surface area contributed by atoms with Crippen molar-refractivity contribution in [2.45, 2.75) is 380 Å². The van der Waals surface area contributed by atoms with Crippen LogP contribution in [0.15, 0.2) is 85.1 Å². The zero-order valence-electron chi connectivity index (χ0n) is 64.8. The number of hydrogen-bond acceptors (Lipinski definition) is 15. The van der Waals surface area contributed by atoms with Crippen LogP contribution < -0.4 is 0 Å². The molecule has 0 fully saturated rings. The highest BCUT2D eigenvalue weighted by Crippen LogP contribution is 2.45. The number of ether oxygens (including phenoxy) is 4. The summed E-state index contributed by atoms with van der Waals surface area (Å²) in [7, 11) is -9.96. The van der Waals surface area contributed by atoms with Gasteiger partial charge in [-0.1, -0.05) is 325 Å². The number of esters is 4. The molecular formula is C83H148O17P2. The van der Waals surface area contributed by atoms with Crippen molar-refractivity contribution in [1.82, 2.24) is 0 Å². The fourth-order valence-corrected chi connectivity index (χ4v) is 12.8. The molecule has 19 heteroatoms. The fraction of sp³-hybridized carbons (Fsp3) is 0.783. The average molecular weight is 1480 g/mol. The highest BCUT2D eigenvalue weighted by Gasteiger charge is 2.30. The Labute approximate surface area is 621 Å². The first-order valence-corrected chi connectivity index (χ1v) is 43.8.